The summed E-state index contributed by atoms with van der Waals surface area (Å²) in [4.78, 5) is 16.1. The Morgan fingerprint density at radius 3 is 2.52 bits per heavy atom. The van der Waals surface area contributed by atoms with Crippen LogP contribution in [0.15, 0.2) is 18.2 Å². The van der Waals surface area contributed by atoms with Crippen molar-refractivity contribution in [2.24, 2.45) is 0 Å². The molecule has 1 fully saturated rings. The summed E-state index contributed by atoms with van der Waals surface area (Å²) < 4.78 is 0. The van der Waals surface area contributed by atoms with Gasteiger partial charge in [-0.25, -0.2) is 0 Å². The van der Waals surface area contributed by atoms with E-state index < -0.39 is 0 Å². The molecule has 0 saturated carbocycles. The normalized spacial score (nSPS) is 16.2. The van der Waals surface area contributed by atoms with Gasteiger partial charge in [0.25, 0.3) is 0 Å². The molecule has 0 aliphatic carbocycles. The molecule has 0 bridgehead atoms. The second kappa shape index (κ2) is 7.99. The van der Waals surface area contributed by atoms with Crippen LogP contribution in [0, 0.1) is 0 Å². The van der Waals surface area contributed by atoms with Crippen molar-refractivity contribution in [3.8, 4) is 0 Å². The van der Waals surface area contributed by atoms with Crippen molar-refractivity contribution >= 4 is 29.1 Å². The van der Waals surface area contributed by atoms with Crippen molar-refractivity contribution in [1.82, 2.24) is 15.1 Å². The van der Waals surface area contributed by atoms with Crippen LogP contribution in [0.5, 0.6) is 0 Å². The molecule has 6 heteroatoms. The van der Waals surface area contributed by atoms with Gasteiger partial charge in [0.15, 0.2) is 0 Å². The van der Waals surface area contributed by atoms with E-state index in [-0.39, 0.29) is 5.91 Å². The Morgan fingerprint density at radius 1 is 1.19 bits per heavy atom. The molecule has 1 aliphatic heterocycles. The fraction of sp³-hybridized carbons (Fsp3) is 0.533. The lowest BCUT2D eigenvalue weighted by Crippen LogP contribution is -2.50. The molecule has 0 radical (unpaired) electrons. The van der Waals surface area contributed by atoms with Crippen molar-refractivity contribution < 1.29 is 4.79 Å². The summed E-state index contributed by atoms with van der Waals surface area (Å²) in [5, 5.41) is 4.11. The summed E-state index contributed by atoms with van der Waals surface area (Å²) in [5.41, 5.74) is 1.19. The van der Waals surface area contributed by atoms with Gasteiger partial charge >= 0.3 is 0 Å². The Bertz CT molecular complexity index is 488. The van der Waals surface area contributed by atoms with Gasteiger partial charge in [-0.1, -0.05) is 29.3 Å². The molecule has 2 rings (SSSR count). The summed E-state index contributed by atoms with van der Waals surface area (Å²) >= 11 is 11.9. The molecule has 1 N–H and O–H groups in total. The van der Waals surface area contributed by atoms with Crippen LogP contribution in [-0.2, 0) is 11.2 Å². The highest BCUT2D eigenvalue weighted by atomic mass is 35.5. The number of rotatable bonds is 5. The second-order valence-electron chi connectivity index (χ2n) is 5.25. The molecular formula is C15H21Cl2N3O. The van der Waals surface area contributed by atoms with E-state index in [0.29, 0.717) is 16.6 Å². The third-order valence-corrected chi connectivity index (χ3v) is 4.49. The van der Waals surface area contributed by atoms with E-state index in [1.807, 2.05) is 23.1 Å². The Labute approximate surface area is 136 Å². The van der Waals surface area contributed by atoms with Gasteiger partial charge in [0.2, 0.25) is 5.91 Å². The summed E-state index contributed by atoms with van der Waals surface area (Å²) in [6.45, 7) is 4.87. The van der Waals surface area contributed by atoms with E-state index >= 15 is 0 Å². The minimum Gasteiger partial charge on any atom is -0.339 e. The minimum atomic E-state index is 0.182. The molecule has 116 valence electrons. The maximum Gasteiger partial charge on any atom is 0.236 e. The molecule has 0 atom stereocenters. The molecule has 1 aromatic rings. The second-order valence-corrected chi connectivity index (χ2v) is 6.07. The summed E-state index contributed by atoms with van der Waals surface area (Å²) in [5.74, 6) is 0.182. The number of carbonyl (C=O) groups is 1. The molecular weight excluding hydrogens is 309 g/mol. The Kier molecular flexibility index (Phi) is 6.30. The van der Waals surface area contributed by atoms with Gasteiger partial charge < -0.3 is 10.2 Å². The smallest absolute Gasteiger partial charge is 0.236 e. The molecule has 1 saturated heterocycles. The molecule has 1 aromatic carbocycles. The van der Waals surface area contributed by atoms with E-state index in [0.717, 1.165) is 39.1 Å². The number of nitrogens with one attached hydrogen (secondary N) is 1. The first-order chi connectivity index (χ1) is 10.1. The summed E-state index contributed by atoms with van der Waals surface area (Å²) in [7, 11) is 1.80. The van der Waals surface area contributed by atoms with E-state index in [2.05, 4.69) is 10.2 Å². The molecule has 1 heterocycles. The molecule has 0 unspecified atom stereocenters. The van der Waals surface area contributed by atoms with Crippen LogP contribution >= 0.6 is 23.2 Å². The first kappa shape index (κ1) is 16.6. The lowest BCUT2D eigenvalue weighted by molar-refractivity contribution is -0.131. The number of likely N-dealkylation sites (N-methyl/N-ethyl adjacent to an activating group) is 1. The monoisotopic (exact) mass is 329 g/mol. The minimum absolute atomic E-state index is 0.182. The fourth-order valence-corrected chi connectivity index (χ4v) is 2.79. The lowest BCUT2D eigenvalue weighted by atomic mass is 10.1. The van der Waals surface area contributed by atoms with Crippen molar-refractivity contribution in [3.05, 3.63) is 33.8 Å². The van der Waals surface area contributed by atoms with Gasteiger partial charge in [0.05, 0.1) is 16.6 Å². The van der Waals surface area contributed by atoms with Crippen LogP contribution in [0.1, 0.15) is 5.56 Å². The predicted molar refractivity (Wildman–Crippen MR) is 87.1 cm³/mol. The highest BCUT2D eigenvalue weighted by Gasteiger charge is 2.20. The maximum atomic E-state index is 11.8. The standard InChI is InChI=1S/C15H21Cl2N3O/c1-18-11-15(21)20-8-6-19(7-9-20)5-4-12-2-3-13(16)14(17)10-12/h2-3,10,18H,4-9,11H2,1H3. The highest BCUT2D eigenvalue weighted by Crippen LogP contribution is 2.22. The van der Waals surface area contributed by atoms with Crippen molar-refractivity contribution in [2.75, 3.05) is 46.3 Å². The number of carbonyl (C=O) groups excluding carboxylic acids is 1. The van der Waals surface area contributed by atoms with E-state index in [9.17, 15) is 4.79 Å². The Hall–Kier alpha value is -0.810. The van der Waals surface area contributed by atoms with Crippen LogP contribution in [0.2, 0.25) is 10.0 Å². The van der Waals surface area contributed by atoms with Gasteiger partial charge in [0, 0.05) is 32.7 Å². The number of hydrogen-bond donors (Lipinski definition) is 1. The maximum absolute atomic E-state index is 11.8. The summed E-state index contributed by atoms with van der Waals surface area (Å²) in [6, 6.07) is 5.78. The molecule has 1 aliphatic rings. The van der Waals surface area contributed by atoms with Crippen LogP contribution in [0.25, 0.3) is 0 Å². The molecule has 4 nitrogen and oxygen atoms in total. The Morgan fingerprint density at radius 2 is 1.90 bits per heavy atom. The number of nitrogens with zero attached hydrogens (tertiary/aromatic N) is 2. The van der Waals surface area contributed by atoms with Crippen LogP contribution in [0.3, 0.4) is 0 Å². The van der Waals surface area contributed by atoms with Crippen LogP contribution in [-0.4, -0.2) is 62.0 Å². The summed E-state index contributed by atoms with van der Waals surface area (Å²) in [6.07, 6.45) is 0.946. The molecule has 0 aromatic heterocycles. The zero-order chi connectivity index (χ0) is 15.2. The first-order valence-electron chi connectivity index (χ1n) is 7.19. The Balaban J connectivity index is 1.76. The largest absolute Gasteiger partial charge is 0.339 e. The van der Waals surface area contributed by atoms with E-state index in [4.69, 9.17) is 23.2 Å². The van der Waals surface area contributed by atoms with Crippen molar-refractivity contribution in [2.45, 2.75) is 6.42 Å². The van der Waals surface area contributed by atoms with Crippen molar-refractivity contribution in [1.29, 1.82) is 0 Å². The van der Waals surface area contributed by atoms with E-state index in [1.54, 1.807) is 7.05 Å². The number of amides is 1. The number of piperazine rings is 1. The van der Waals surface area contributed by atoms with Crippen molar-refractivity contribution in [3.63, 3.8) is 0 Å². The third-order valence-electron chi connectivity index (χ3n) is 3.75. The van der Waals surface area contributed by atoms with Gasteiger partial charge in [0.1, 0.15) is 0 Å². The molecule has 21 heavy (non-hydrogen) atoms. The van der Waals surface area contributed by atoms with Gasteiger partial charge in [-0.3, -0.25) is 9.69 Å². The quantitative estimate of drug-likeness (QED) is 0.896. The topological polar surface area (TPSA) is 35.6 Å². The third kappa shape index (κ3) is 4.85. The predicted octanol–water partition coefficient (Wildman–Crippen LogP) is 1.90. The van der Waals surface area contributed by atoms with Crippen LogP contribution in [0.4, 0.5) is 0 Å². The zero-order valence-electron chi connectivity index (χ0n) is 12.2. The fourth-order valence-electron chi connectivity index (χ4n) is 2.47. The van der Waals surface area contributed by atoms with Crippen LogP contribution < -0.4 is 5.32 Å². The van der Waals surface area contributed by atoms with Gasteiger partial charge in [-0.2, -0.15) is 0 Å². The lowest BCUT2D eigenvalue weighted by Gasteiger charge is -2.34. The van der Waals surface area contributed by atoms with Gasteiger partial charge in [-0.05, 0) is 31.2 Å². The van der Waals surface area contributed by atoms with E-state index in [1.165, 1.54) is 5.56 Å². The SMILES string of the molecule is CNCC(=O)N1CCN(CCc2ccc(Cl)c(Cl)c2)CC1. The average molecular weight is 330 g/mol. The molecule has 0 spiro atoms. The number of benzene rings is 1. The first-order valence-corrected chi connectivity index (χ1v) is 7.94. The highest BCUT2D eigenvalue weighted by molar-refractivity contribution is 6.42. The zero-order valence-corrected chi connectivity index (χ0v) is 13.8. The van der Waals surface area contributed by atoms with Gasteiger partial charge in [-0.15, -0.1) is 0 Å². The number of hydrogen-bond acceptors (Lipinski definition) is 3. The molecule has 1 amide bonds. The average Bonchev–Trinajstić information content (AvgIpc) is 2.49. The number of halogens is 2.